The zero-order valence-electron chi connectivity index (χ0n) is 22.3. The fourth-order valence-electron chi connectivity index (χ4n) is 4.00. The van der Waals surface area contributed by atoms with Crippen molar-refractivity contribution in [1.29, 1.82) is 0 Å². The molecule has 2 aromatic rings. The van der Waals surface area contributed by atoms with Crippen LogP contribution >= 0.6 is 31.9 Å². The molecule has 0 aliphatic carbocycles. The summed E-state index contributed by atoms with van der Waals surface area (Å²) in [5.41, 5.74) is 1.22. The van der Waals surface area contributed by atoms with E-state index in [0.29, 0.717) is 62.4 Å². The minimum absolute atomic E-state index is 0.0330. The van der Waals surface area contributed by atoms with Crippen molar-refractivity contribution in [3.05, 3.63) is 56.5 Å². The lowest BCUT2D eigenvalue weighted by atomic mass is 10.1. The van der Waals surface area contributed by atoms with Crippen LogP contribution < -0.4 is 9.47 Å². The molecule has 202 valence electrons. The summed E-state index contributed by atoms with van der Waals surface area (Å²) in [6.45, 7) is 12.1. The number of hydrogen-bond donors (Lipinski definition) is 0. The molecule has 0 unspecified atom stereocenters. The van der Waals surface area contributed by atoms with Crippen LogP contribution in [0.1, 0.15) is 67.7 Å². The van der Waals surface area contributed by atoms with E-state index in [0.717, 1.165) is 39.7 Å². The van der Waals surface area contributed by atoms with Crippen molar-refractivity contribution in [3.63, 3.8) is 0 Å². The Morgan fingerprint density at radius 1 is 0.730 bits per heavy atom. The number of hydrogen-bond acceptors (Lipinski definition) is 4. The Kier molecular flexibility index (Phi) is 11.3. The molecule has 1 aliphatic heterocycles. The Morgan fingerprint density at radius 3 is 1.49 bits per heavy atom. The fraction of sp³-hybridized carbons (Fsp3) is 0.517. The van der Waals surface area contributed by atoms with Gasteiger partial charge in [-0.25, -0.2) is 0 Å². The predicted molar refractivity (Wildman–Crippen MR) is 155 cm³/mol. The molecule has 0 aromatic heterocycles. The van der Waals surface area contributed by atoms with Gasteiger partial charge in [-0.3, -0.25) is 9.59 Å². The van der Waals surface area contributed by atoms with Crippen LogP contribution in [0.2, 0.25) is 0 Å². The van der Waals surface area contributed by atoms with Crippen LogP contribution in [0.3, 0.4) is 0 Å². The van der Waals surface area contributed by atoms with E-state index < -0.39 is 0 Å². The lowest BCUT2D eigenvalue weighted by Gasteiger charge is -2.23. The second-order valence-corrected chi connectivity index (χ2v) is 12.0. The predicted octanol–water partition coefficient (Wildman–Crippen LogP) is 7.05. The molecular formula is C29H38Br2N2O4. The van der Waals surface area contributed by atoms with Gasteiger partial charge in [-0.1, -0.05) is 27.7 Å². The molecule has 1 fully saturated rings. The third kappa shape index (κ3) is 8.74. The first-order chi connectivity index (χ1) is 17.7. The summed E-state index contributed by atoms with van der Waals surface area (Å²) >= 11 is 7.09. The van der Waals surface area contributed by atoms with E-state index in [1.165, 1.54) is 0 Å². The zero-order valence-corrected chi connectivity index (χ0v) is 25.4. The van der Waals surface area contributed by atoms with Crippen molar-refractivity contribution in [3.8, 4) is 11.5 Å². The Morgan fingerprint density at radius 2 is 1.14 bits per heavy atom. The molecule has 1 saturated heterocycles. The molecule has 8 heteroatoms. The topological polar surface area (TPSA) is 59.1 Å². The van der Waals surface area contributed by atoms with Gasteiger partial charge in [-0.2, -0.15) is 0 Å². The Bertz CT molecular complexity index is 990. The fourth-order valence-corrected chi connectivity index (χ4v) is 4.99. The first-order valence-electron chi connectivity index (χ1n) is 13.1. The van der Waals surface area contributed by atoms with Gasteiger partial charge in [-0.15, -0.1) is 0 Å². The summed E-state index contributed by atoms with van der Waals surface area (Å²) in [5, 5.41) is 0. The van der Waals surface area contributed by atoms with E-state index in [1.807, 2.05) is 46.2 Å². The maximum Gasteiger partial charge on any atom is 0.253 e. The van der Waals surface area contributed by atoms with Crippen LogP contribution in [-0.2, 0) is 0 Å². The van der Waals surface area contributed by atoms with Gasteiger partial charge in [0.25, 0.3) is 11.8 Å². The summed E-state index contributed by atoms with van der Waals surface area (Å²) in [6.07, 6.45) is 2.68. The molecule has 0 spiro atoms. The average Bonchev–Trinajstić information content (AvgIpc) is 3.11. The third-order valence-electron chi connectivity index (χ3n) is 6.33. The van der Waals surface area contributed by atoms with Crippen LogP contribution in [0, 0.1) is 11.8 Å². The van der Waals surface area contributed by atoms with Gasteiger partial charge >= 0.3 is 0 Å². The van der Waals surface area contributed by atoms with Gasteiger partial charge in [0.1, 0.15) is 11.5 Å². The van der Waals surface area contributed by atoms with E-state index in [-0.39, 0.29) is 11.8 Å². The Hall–Kier alpha value is -2.06. The van der Waals surface area contributed by atoms with Crippen molar-refractivity contribution >= 4 is 43.7 Å². The molecule has 1 heterocycles. The smallest absolute Gasteiger partial charge is 0.253 e. The largest absolute Gasteiger partial charge is 0.492 e. The van der Waals surface area contributed by atoms with Crippen molar-refractivity contribution in [2.24, 2.45) is 11.8 Å². The molecule has 0 N–H and O–H groups in total. The van der Waals surface area contributed by atoms with E-state index in [9.17, 15) is 9.59 Å². The summed E-state index contributed by atoms with van der Waals surface area (Å²) < 4.78 is 13.2. The van der Waals surface area contributed by atoms with E-state index in [4.69, 9.17) is 9.47 Å². The lowest BCUT2D eigenvalue weighted by Crippen LogP contribution is -2.37. The van der Waals surface area contributed by atoms with Crippen LogP contribution in [-0.4, -0.2) is 61.0 Å². The molecule has 2 amide bonds. The van der Waals surface area contributed by atoms with Crippen LogP contribution in [0.4, 0.5) is 0 Å². The number of carbonyl (C=O) groups is 2. The number of amides is 2. The van der Waals surface area contributed by atoms with Gasteiger partial charge in [0, 0.05) is 37.3 Å². The summed E-state index contributed by atoms with van der Waals surface area (Å²) in [6, 6.07) is 11.0. The summed E-state index contributed by atoms with van der Waals surface area (Å²) in [7, 11) is 0. The molecule has 0 saturated carbocycles. The highest BCUT2D eigenvalue weighted by Gasteiger charge is 2.24. The number of ether oxygens (including phenoxy) is 2. The van der Waals surface area contributed by atoms with E-state index in [1.54, 1.807) is 0 Å². The minimum atomic E-state index is -0.0330. The normalized spacial score (nSPS) is 14.2. The second kappa shape index (κ2) is 14.2. The highest BCUT2D eigenvalue weighted by molar-refractivity contribution is 9.10. The van der Waals surface area contributed by atoms with Crippen molar-refractivity contribution in [1.82, 2.24) is 9.80 Å². The molecule has 0 radical (unpaired) electrons. The van der Waals surface area contributed by atoms with Crippen LogP contribution in [0.5, 0.6) is 11.5 Å². The van der Waals surface area contributed by atoms with Crippen molar-refractivity contribution in [2.75, 3.05) is 39.4 Å². The van der Waals surface area contributed by atoms with Gasteiger partial charge in [0.15, 0.2) is 0 Å². The molecule has 0 atom stereocenters. The summed E-state index contributed by atoms with van der Waals surface area (Å²) in [4.78, 5) is 30.1. The average molecular weight is 638 g/mol. The van der Waals surface area contributed by atoms with E-state index in [2.05, 4.69) is 59.6 Å². The monoisotopic (exact) mass is 636 g/mol. The zero-order chi connectivity index (χ0) is 26.9. The first kappa shape index (κ1) is 29.5. The van der Waals surface area contributed by atoms with Gasteiger partial charge < -0.3 is 19.3 Å². The van der Waals surface area contributed by atoms with Gasteiger partial charge in [-0.05, 0) is 99.4 Å². The maximum absolute atomic E-state index is 13.2. The number of nitrogens with zero attached hydrogens (tertiary/aromatic N) is 2. The lowest BCUT2D eigenvalue weighted by molar-refractivity contribution is 0.0718. The van der Waals surface area contributed by atoms with Crippen LogP contribution in [0.15, 0.2) is 45.3 Å². The molecule has 6 nitrogen and oxygen atoms in total. The Balaban J connectivity index is 1.58. The molecular weight excluding hydrogens is 600 g/mol. The second-order valence-electron chi connectivity index (χ2n) is 10.3. The number of halogens is 2. The number of benzene rings is 2. The molecule has 0 bridgehead atoms. The number of carbonyl (C=O) groups excluding carboxylic acids is 2. The third-order valence-corrected chi connectivity index (χ3v) is 7.57. The maximum atomic E-state index is 13.2. The standard InChI is InChI=1S/C29H38Br2N2O4/c1-20(2)10-16-36-26-8-6-22(18-24(26)30)28(34)32-12-5-13-33(15-14-32)29(35)23-7-9-27(25(31)19-23)37-17-11-21(3)4/h6-9,18-21H,5,10-17H2,1-4H3. The van der Waals surface area contributed by atoms with Gasteiger partial charge in [0.2, 0.25) is 0 Å². The highest BCUT2D eigenvalue weighted by atomic mass is 79.9. The molecule has 3 rings (SSSR count). The SMILES string of the molecule is CC(C)CCOc1ccc(C(=O)N2CCCN(C(=O)c3ccc(OCCC(C)C)c(Br)c3)CC2)cc1Br. The van der Waals surface area contributed by atoms with Crippen LogP contribution in [0.25, 0.3) is 0 Å². The minimum Gasteiger partial charge on any atom is -0.492 e. The Labute approximate surface area is 237 Å². The molecule has 37 heavy (non-hydrogen) atoms. The van der Waals surface area contributed by atoms with E-state index >= 15 is 0 Å². The molecule has 2 aromatic carbocycles. The quantitative estimate of drug-likeness (QED) is 0.280. The highest BCUT2D eigenvalue weighted by Crippen LogP contribution is 2.28. The van der Waals surface area contributed by atoms with Crippen molar-refractivity contribution < 1.29 is 19.1 Å². The number of rotatable bonds is 10. The van der Waals surface area contributed by atoms with Gasteiger partial charge in [0.05, 0.1) is 22.2 Å². The first-order valence-corrected chi connectivity index (χ1v) is 14.7. The summed E-state index contributed by atoms with van der Waals surface area (Å²) in [5.74, 6) is 2.57. The molecule has 1 aliphatic rings. The van der Waals surface area contributed by atoms with Crippen molar-refractivity contribution in [2.45, 2.75) is 47.0 Å².